The second-order valence-corrected chi connectivity index (χ2v) is 4.06. The number of methoxy groups -OCH3 is 1. The van der Waals surface area contributed by atoms with Crippen LogP contribution in [0.15, 0.2) is 36.5 Å². The van der Waals surface area contributed by atoms with Crippen LogP contribution in [0.3, 0.4) is 0 Å². The minimum absolute atomic E-state index is 0.0195. The van der Waals surface area contributed by atoms with Crippen molar-refractivity contribution in [3.63, 3.8) is 0 Å². The van der Waals surface area contributed by atoms with Crippen molar-refractivity contribution in [1.82, 2.24) is 10.3 Å². The van der Waals surface area contributed by atoms with E-state index >= 15 is 0 Å². The zero-order valence-electron chi connectivity index (χ0n) is 10.8. The molecule has 1 aromatic heterocycles. The number of nitrogens with zero attached hydrogens (tertiary/aromatic N) is 1. The van der Waals surface area contributed by atoms with Gasteiger partial charge in [-0.25, -0.2) is 4.98 Å². The minimum Gasteiger partial charge on any atom is -0.504 e. The first-order chi connectivity index (χ1) is 9.61. The summed E-state index contributed by atoms with van der Waals surface area (Å²) in [6, 6.07) is 7.66. The highest BCUT2D eigenvalue weighted by Gasteiger charge is 2.13. The predicted octanol–water partition coefficient (Wildman–Crippen LogP) is 1.43. The highest BCUT2D eigenvalue weighted by atomic mass is 16.5. The monoisotopic (exact) mass is 274 g/mol. The number of aromatic nitrogens is 1. The topological polar surface area (TPSA) is 91.7 Å². The summed E-state index contributed by atoms with van der Waals surface area (Å²) in [6.45, 7) is 0.257. The molecule has 0 unspecified atom stereocenters. The molecule has 0 aliphatic carbocycles. The molecule has 0 saturated carbocycles. The summed E-state index contributed by atoms with van der Waals surface area (Å²) >= 11 is 0. The number of phenols is 2. The summed E-state index contributed by atoms with van der Waals surface area (Å²) in [7, 11) is 1.51. The average molecular weight is 274 g/mol. The van der Waals surface area contributed by atoms with E-state index in [0.717, 1.165) is 5.56 Å². The minimum atomic E-state index is -0.478. The van der Waals surface area contributed by atoms with E-state index in [9.17, 15) is 15.0 Å². The first-order valence-electron chi connectivity index (χ1n) is 5.90. The van der Waals surface area contributed by atoms with Gasteiger partial charge >= 0.3 is 0 Å². The van der Waals surface area contributed by atoms with E-state index in [1.807, 2.05) is 0 Å². The maximum Gasteiger partial charge on any atom is 0.255 e. The number of ether oxygens (including phenoxy) is 1. The molecule has 20 heavy (non-hydrogen) atoms. The van der Waals surface area contributed by atoms with Crippen LogP contribution in [0, 0.1) is 0 Å². The number of hydrogen-bond acceptors (Lipinski definition) is 5. The summed E-state index contributed by atoms with van der Waals surface area (Å²) in [5, 5.41) is 21.6. The number of benzene rings is 1. The van der Waals surface area contributed by atoms with Gasteiger partial charge in [0.2, 0.25) is 5.88 Å². The fraction of sp³-hybridized carbons (Fsp3) is 0.143. The number of para-hydroxylation sites is 1. The van der Waals surface area contributed by atoms with Crippen molar-refractivity contribution >= 4 is 5.91 Å². The highest BCUT2D eigenvalue weighted by molar-refractivity contribution is 5.97. The third-order valence-corrected chi connectivity index (χ3v) is 2.72. The van der Waals surface area contributed by atoms with Gasteiger partial charge in [-0.05, 0) is 23.8 Å². The van der Waals surface area contributed by atoms with Gasteiger partial charge in [0, 0.05) is 18.8 Å². The zero-order valence-corrected chi connectivity index (χ0v) is 10.8. The quantitative estimate of drug-likeness (QED) is 0.734. The Morgan fingerprint density at radius 1 is 1.35 bits per heavy atom. The number of amides is 1. The number of aromatic hydroxyl groups is 2. The third kappa shape index (κ3) is 2.97. The molecule has 0 atom stereocenters. The fourth-order valence-corrected chi connectivity index (χ4v) is 1.66. The maximum atomic E-state index is 11.9. The molecule has 0 spiro atoms. The van der Waals surface area contributed by atoms with Crippen molar-refractivity contribution < 1.29 is 19.7 Å². The van der Waals surface area contributed by atoms with Crippen LogP contribution in [0.1, 0.15) is 15.9 Å². The SMILES string of the molecule is COc1cc(CNC(=O)c2cccc(O)c2O)ccn1. The second-order valence-electron chi connectivity index (χ2n) is 4.06. The summed E-state index contributed by atoms with van der Waals surface area (Å²) in [4.78, 5) is 15.9. The Hall–Kier alpha value is -2.76. The lowest BCUT2D eigenvalue weighted by Crippen LogP contribution is -2.22. The van der Waals surface area contributed by atoms with Crippen LogP contribution in [-0.4, -0.2) is 28.2 Å². The van der Waals surface area contributed by atoms with Crippen LogP contribution < -0.4 is 10.1 Å². The van der Waals surface area contributed by atoms with Crippen molar-refractivity contribution in [3.8, 4) is 17.4 Å². The Labute approximate surface area is 115 Å². The molecule has 2 rings (SSSR count). The molecule has 6 nitrogen and oxygen atoms in total. The van der Waals surface area contributed by atoms with Gasteiger partial charge in [-0.3, -0.25) is 4.79 Å². The maximum absolute atomic E-state index is 11.9. The van der Waals surface area contributed by atoms with E-state index in [1.165, 1.54) is 25.3 Å². The van der Waals surface area contributed by atoms with E-state index in [0.29, 0.717) is 5.88 Å². The molecule has 0 aliphatic rings. The van der Waals surface area contributed by atoms with Crippen molar-refractivity contribution in [2.75, 3.05) is 7.11 Å². The lowest BCUT2D eigenvalue weighted by atomic mass is 10.1. The van der Waals surface area contributed by atoms with E-state index in [-0.39, 0.29) is 17.9 Å². The predicted molar refractivity (Wildman–Crippen MR) is 71.7 cm³/mol. The fourth-order valence-electron chi connectivity index (χ4n) is 1.66. The molecule has 0 radical (unpaired) electrons. The standard InChI is InChI=1S/C14H14N2O4/c1-20-12-7-9(5-6-15-12)8-16-14(19)10-3-2-4-11(17)13(10)18/h2-7,17-18H,8H2,1H3,(H,16,19). The van der Waals surface area contributed by atoms with Crippen LogP contribution >= 0.6 is 0 Å². The van der Waals surface area contributed by atoms with Gasteiger partial charge < -0.3 is 20.3 Å². The van der Waals surface area contributed by atoms with Crippen LogP contribution in [-0.2, 0) is 6.54 Å². The number of carbonyl (C=O) groups is 1. The van der Waals surface area contributed by atoms with Crippen molar-refractivity contribution in [3.05, 3.63) is 47.7 Å². The molecule has 1 heterocycles. The Kier molecular flexibility index (Phi) is 4.05. The number of nitrogens with one attached hydrogen (secondary N) is 1. The van der Waals surface area contributed by atoms with Gasteiger partial charge in [0.05, 0.1) is 12.7 Å². The first-order valence-corrected chi connectivity index (χ1v) is 5.90. The van der Waals surface area contributed by atoms with E-state index in [1.54, 1.807) is 18.3 Å². The summed E-state index contributed by atoms with van der Waals surface area (Å²) in [5.74, 6) is -0.785. The molecule has 1 amide bonds. The smallest absolute Gasteiger partial charge is 0.255 e. The van der Waals surface area contributed by atoms with Crippen molar-refractivity contribution in [1.29, 1.82) is 0 Å². The number of hydrogen-bond donors (Lipinski definition) is 3. The largest absolute Gasteiger partial charge is 0.504 e. The van der Waals surface area contributed by atoms with E-state index in [2.05, 4.69) is 10.3 Å². The molecule has 1 aromatic carbocycles. The van der Waals surface area contributed by atoms with E-state index in [4.69, 9.17) is 4.74 Å². The molecule has 3 N–H and O–H groups in total. The molecule has 0 saturated heterocycles. The Balaban J connectivity index is 2.06. The van der Waals surface area contributed by atoms with Gasteiger partial charge in [0.15, 0.2) is 11.5 Å². The lowest BCUT2D eigenvalue weighted by molar-refractivity contribution is 0.0947. The van der Waals surface area contributed by atoms with Crippen LogP contribution in [0.5, 0.6) is 17.4 Å². The zero-order chi connectivity index (χ0) is 14.5. The molecule has 6 heteroatoms. The second kappa shape index (κ2) is 5.92. The Morgan fingerprint density at radius 3 is 2.90 bits per heavy atom. The average Bonchev–Trinajstić information content (AvgIpc) is 2.48. The van der Waals surface area contributed by atoms with Crippen LogP contribution in [0.2, 0.25) is 0 Å². The number of pyridine rings is 1. The number of rotatable bonds is 4. The highest BCUT2D eigenvalue weighted by Crippen LogP contribution is 2.27. The van der Waals surface area contributed by atoms with E-state index < -0.39 is 11.7 Å². The van der Waals surface area contributed by atoms with Crippen LogP contribution in [0.25, 0.3) is 0 Å². The van der Waals surface area contributed by atoms with Gasteiger partial charge in [-0.15, -0.1) is 0 Å². The molecule has 0 bridgehead atoms. The third-order valence-electron chi connectivity index (χ3n) is 2.72. The van der Waals surface area contributed by atoms with Crippen LogP contribution in [0.4, 0.5) is 0 Å². The lowest BCUT2D eigenvalue weighted by Gasteiger charge is -2.08. The molecule has 0 aliphatic heterocycles. The molecule has 0 fully saturated rings. The summed E-state index contributed by atoms with van der Waals surface area (Å²) in [6.07, 6.45) is 1.58. The van der Waals surface area contributed by atoms with Gasteiger partial charge in [0.1, 0.15) is 0 Å². The van der Waals surface area contributed by atoms with Gasteiger partial charge in [-0.1, -0.05) is 6.07 Å². The first kappa shape index (κ1) is 13.7. The molecular formula is C14H14N2O4. The van der Waals surface area contributed by atoms with Gasteiger partial charge in [0.25, 0.3) is 5.91 Å². The molecule has 104 valence electrons. The number of phenolic OH excluding ortho intramolecular Hbond substituents is 2. The molecule has 2 aromatic rings. The molecular weight excluding hydrogens is 260 g/mol. The van der Waals surface area contributed by atoms with Crippen molar-refractivity contribution in [2.24, 2.45) is 0 Å². The Morgan fingerprint density at radius 2 is 2.15 bits per heavy atom. The Bertz CT molecular complexity index is 628. The van der Waals surface area contributed by atoms with Gasteiger partial charge in [-0.2, -0.15) is 0 Å². The van der Waals surface area contributed by atoms with Crippen molar-refractivity contribution in [2.45, 2.75) is 6.54 Å². The number of carbonyl (C=O) groups excluding carboxylic acids is 1. The summed E-state index contributed by atoms with van der Waals surface area (Å²) in [5.41, 5.74) is 0.830. The summed E-state index contributed by atoms with van der Waals surface area (Å²) < 4.78 is 4.98. The normalized spacial score (nSPS) is 10.1.